The van der Waals surface area contributed by atoms with Gasteiger partial charge in [0.2, 0.25) is 5.95 Å². The lowest BCUT2D eigenvalue weighted by molar-refractivity contribution is 0.237. The molecule has 37 heavy (non-hydrogen) atoms. The van der Waals surface area contributed by atoms with Crippen molar-refractivity contribution in [1.82, 2.24) is 33.6 Å². The molecule has 190 valence electrons. The van der Waals surface area contributed by atoms with E-state index in [1.54, 1.807) is 6.07 Å². The van der Waals surface area contributed by atoms with Gasteiger partial charge in [-0.25, -0.2) is 27.9 Å². The number of hydrogen-bond donors (Lipinski definition) is 0. The first-order valence-corrected chi connectivity index (χ1v) is 11.7. The quantitative estimate of drug-likeness (QED) is 0.362. The molecule has 1 atom stereocenters. The molecule has 0 N–H and O–H groups in total. The predicted molar refractivity (Wildman–Crippen MR) is 130 cm³/mol. The Labute approximate surface area is 208 Å². The molecule has 6 rings (SSSR count). The molecule has 12 heteroatoms. The fourth-order valence-electron chi connectivity index (χ4n) is 4.78. The highest BCUT2D eigenvalue weighted by molar-refractivity contribution is 5.78. The number of aromatic nitrogens is 6. The largest absolute Gasteiger partial charge is 0.490 e. The SMILES string of the molecule is CN(C)CCn1c(=O)n(C2CCOc3c(F)ccc(F)c32)c2nc(-n3cnc4ccc(F)cc43)ncc21. The molecule has 1 aliphatic heterocycles. The van der Waals surface area contributed by atoms with Crippen LogP contribution in [0.2, 0.25) is 0 Å². The maximum Gasteiger partial charge on any atom is 0.331 e. The summed E-state index contributed by atoms with van der Waals surface area (Å²) in [5.41, 5.74) is 1.22. The van der Waals surface area contributed by atoms with Gasteiger partial charge in [-0.2, -0.15) is 4.98 Å². The number of halogens is 3. The van der Waals surface area contributed by atoms with E-state index in [4.69, 9.17) is 4.74 Å². The standard InChI is InChI=1S/C25H22F3N7O2/c1-32(2)8-9-33-20-12-29-24(34-13-30-17-6-3-14(26)11-19(17)34)31-23(20)35(25(33)36)18-7-10-37-22-16(28)5-4-15(27)21(18)22/h3-6,11-13,18H,7-10H2,1-2H3. The van der Waals surface area contributed by atoms with Crippen molar-refractivity contribution >= 4 is 22.2 Å². The summed E-state index contributed by atoms with van der Waals surface area (Å²) in [6, 6.07) is 5.35. The van der Waals surface area contributed by atoms with Gasteiger partial charge in [0.15, 0.2) is 17.2 Å². The van der Waals surface area contributed by atoms with E-state index in [0.29, 0.717) is 29.6 Å². The predicted octanol–water partition coefficient (Wildman–Crippen LogP) is 3.28. The second-order valence-corrected chi connectivity index (χ2v) is 9.16. The second-order valence-electron chi connectivity index (χ2n) is 9.16. The third-order valence-electron chi connectivity index (χ3n) is 6.57. The summed E-state index contributed by atoms with van der Waals surface area (Å²) in [6.45, 7) is 0.983. The van der Waals surface area contributed by atoms with Crippen molar-refractivity contribution in [2.75, 3.05) is 27.2 Å². The van der Waals surface area contributed by atoms with E-state index in [2.05, 4.69) is 15.0 Å². The summed E-state index contributed by atoms with van der Waals surface area (Å²) in [7, 11) is 3.77. The van der Waals surface area contributed by atoms with Gasteiger partial charge in [-0.05, 0) is 38.4 Å². The Morgan fingerprint density at radius 2 is 1.89 bits per heavy atom. The number of imidazole rings is 2. The van der Waals surface area contributed by atoms with Crippen molar-refractivity contribution in [3.05, 3.63) is 76.4 Å². The number of ether oxygens (including phenoxy) is 1. The van der Waals surface area contributed by atoms with Crippen LogP contribution in [0.25, 0.3) is 28.1 Å². The minimum atomic E-state index is -0.852. The maximum absolute atomic E-state index is 15.0. The van der Waals surface area contributed by atoms with E-state index in [0.717, 1.165) is 12.1 Å². The average molecular weight is 509 g/mol. The third kappa shape index (κ3) is 3.75. The molecule has 0 radical (unpaired) electrons. The minimum absolute atomic E-state index is 0.0321. The molecular formula is C25H22F3N7O2. The highest BCUT2D eigenvalue weighted by atomic mass is 19.1. The first kappa shape index (κ1) is 23.2. The van der Waals surface area contributed by atoms with Crippen molar-refractivity contribution in [1.29, 1.82) is 0 Å². The molecule has 0 saturated carbocycles. The summed E-state index contributed by atoms with van der Waals surface area (Å²) in [5, 5.41) is 0. The number of benzene rings is 2. The van der Waals surface area contributed by atoms with Crippen molar-refractivity contribution in [3.63, 3.8) is 0 Å². The van der Waals surface area contributed by atoms with Gasteiger partial charge in [-0.15, -0.1) is 0 Å². The van der Waals surface area contributed by atoms with Crippen LogP contribution in [0.1, 0.15) is 18.0 Å². The van der Waals surface area contributed by atoms with Gasteiger partial charge >= 0.3 is 5.69 Å². The van der Waals surface area contributed by atoms with E-state index < -0.39 is 29.2 Å². The normalized spacial score (nSPS) is 15.5. The first-order chi connectivity index (χ1) is 17.8. The van der Waals surface area contributed by atoms with Crippen LogP contribution in [0.5, 0.6) is 5.75 Å². The zero-order valence-electron chi connectivity index (χ0n) is 20.0. The molecular weight excluding hydrogens is 487 g/mol. The molecule has 0 spiro atoms. The van der Waals surface area contributed by atoms with E-state index in [1.807, 2.05) is 19.0 Å². The molecule has 9 nitrogen and oxygen atoms in total. The number of nitrogens with zero attached hydrogens (tertiary/aromatic N) is 7. The summed E-state index contributed by atoms with van der Waals surface area (Å²) < 4.78 is 53.4. The molecule has 4 heterocycles. The maximum atomic E-state index is 15.0. The Bertz CT molecular complexity index is 1720. The zero-order valence-corrected chi connectivity index (χ0v) is 20.0. The van der Waals surface area contributed by atoms with Crippen LogP contribution >= 0.6 is 0 Å². The summed E-state index contributed by atoms with van der Waals surface area (Å²) in [4.78, 5) is 29.1. The van der Waals surface area contributed by atoms with E-state index in [9.17, 15) is 13.6 Å². The van der Waals surface area contributed by atoms with E-state index >= 15 is 4.39 Å². The Balaban J connectivity index is 1.60. The molecule has 0 fully saturated rings. The van der Waals surface area contributed by atoms with Crippen LogP contribution in [0.4, 0.5) is 13.2 Å². The molecule has 2 aromatic carbocycles. The van der Waals surface area contributed by atoms with Gasteiger partial charge in [0.25, 0.3) is 0 Å². The van der Waals surface area contributed by atoms with Crippen LogP contribution in [-0.4, -0.2) is 60.8 Å². The molecule has 0 saturated heterocycles. The number of rotatable bonds is 5. The van der Waals surface area contributed by atoms with Crippen molar-refractivity contribution in [2.45, 2.75) is 19.0 Å². The van der Waals surface area contributed by atoms with Crippen molar-refractivity contribution in [2.24, 2.45) is 0 Å². The fourth-order valence-corrected chi connectivity index (χ4v) is 4.78. The minimum Gasteiger partial charge on any atom is -0.490 e. The number of fused-ring (bicyclic) bond motifs is 3. The fraction of sp³-hybridized carbons (Fsp3) is 0.280. The number of hydrogen-bond acceptors (Lipinski definition) is 6. The molecule has 5 aromatic rings. The van der Waals surface area contributed by atoms with E-state index in [1.165, 1.54) is 38.4 Å². The average Bonchev–Trinajstić information content (AvgIpc) is 3.41. The van der Waals surface area contributed by atoms with Gasteiger partial charge < -0.3 is 9.64 Å². The first-order valence-electron chi connectivity index (χ1n) is 11.7. The Hall–Kier alpha value is -4.19. The van der Waals surface area contributed by atoms with Gasteiger partial charge in [0, 0.05) is 25.6 Å². The van der Waals surface area contributed by atoms with Crippen LogP contribution in [0.15, 0.2) is 47.7 Å². The topological polar surface area (TPSA) is 83.0 Å². The third-order valence-corrected chi connectivity index (χ3v) is 6.57. The Morgan fingerprint density at radius 1 is 1.08 bits per heavy atom. The van der Waals surface area contributed by atoms with Gasteiger partial charge in [0.1, 0.15) is 23.5 Å². The summed E-state index contributed by atoms with van der Waals surface area (Å²) in [6.07, 6.45) is 3.21. The second kappa shape index (κ2) is 8.73. The monoisotopic (exact) mass is 509 g/mol. The van der Waals surface area contributed by atoms with Crippen LogP contribution in [0, 0.1) is 17.5 Å². The van der Waals surface area contributed by atoms with E-state index in [-0.39, 0.29) is 35.9 Å². The molecule has 3 aromatic heterocycles. The lowest BCUT2D eigenvalue weighted by atomic mass is 9.99. The highest BCUT2D eigenvalue weighted by Gasteiger charge is 2.33. The van der Waals surface area contributed by atoms with Gasteiger partial charge in [-0.1, -0.05) is 0 Å². The molecule has 1 unspecified atom stereocenters. The van der Waals surface area contributed by atoms with Gasteiger partial charge in [0.05, 0.1) is 35.4 Å². The molecule has 0 amide bonds. The van der Waals surface area contributed by atoms with Crippen LogP contribution in [-0.2, 0) is 6.54 Å². The van der Waals surface area contributed by atoms with Crippen molar-refractivity contribution in [3.8, 4) is 11.7 Å². The molecule has 0 aliphatic carbocycles. The molecule has 1 aliphatic rings. The van der Waals surface area contributed by atoms with Crippen molar-refractivity contribution < 1.29 is 17.9 Å². The number of likely N-dealkylation sites (N-methyl/N-ethyl adjacent to an activating group) is 1. The summed E-state index contributed by atoms with van der Waals surface area (Å²) >= 11 is 0. The highest BCUT2D eigenvalue weighted by Crippen LogP contribution is 2.39. The van der Waals surface area contributed by atoms with Crippen LogP contribution < -0.4 is 10.4 Å². The summed E-state index contributed by atoms with van der Waals surface area (Å²) in [5.74, 6) is -1.87. The lowest BCUT2D eigenvalue weighted by Gasteiger charge is -2.27. The lowest BCUT2D eigenvalue weighted by Crippen LogP contribution is -2.33. The Kier molecular flexibility index (Phi) is 5.48. The van der Waals surface area contributed by atoms with Crippen LogP contribution in [0.3, 0.4) is 0 Å². The molecule has 0 bridgehead atoms. The Morgan fingerprint density at radius 3 is 2.70 bits per heavy atom. The zero-order chi connectivity index (χ0) is 25.8. The smallest absolute Gasteiger partial charge is 0.331 e. The van der Waals surface area contributed by atoms with Gasteiger partial charge in [-0.3, -0.25) is 13.7 Å².